The quantitative estimate of drug-likeness (QED) is 0.368. The van der Waals surface area contributed by atoms with E-state index >= 15 is 0 Å². The molecule has 1 aromatic heterocycles. The van der Waals surface area contributed by atoms with Crippen molar-refractivity contribution in [1.29, 1.82) is 0 Å². The number of aromatic nitrogens is 2. The van der Waals surface area contributed by atoms with Gasteiger partial charge in [-0.05, 0) is 24.6 Å². The normalized spacial score (nSPS) is 16.7. The van der Waals surface area contributed by atoms with Crippen molar-refractivity contribution in [3.8, 4) is 0 Å². The van der Waals surface area contributed by atoms with Gasteiger partial charge in [0.05, 0.1) is 25.9 Å². The monoisotopic (exact) mass is 526 g/mol. The van der Waals surface area contributed by atoms with Crippen molar-refractivity contribution in [3.05, 3.63) is 53.3 Å². The first-order valence-electron chi connectivity index (χ1n) is 9.92. The summed E-state index contributed by atoms with van der Waals surface area (Å²) in [6.07, 6.45) is 3.83. The molecule has 1 aliphatic rings. The van der Waals surface area contributed by atoms with E-state index in [0.717, 1.165) is 36.7 Å². The average Bonchev–Trinajstić information content (AvgIpc) is 3.17. The van der Waals surface area contributed by atoms with Crippen molar-refractivity contribution >= 4 is 35.8 Å². The van der Waals surface area contributed by atoms with Gasteiger partial charge in [0.15, 0.2) is 5.96 Å². The second kappa shape index (κ2) is 11.3. The predicted octanol–water partition coefficient (Wildman–Crippen LogP) is 2.28. The third-order valence-electron chi connectivity index (χ3n) is 4.82. The molecule has 0 aliphatic carbocycles. The molecule has 8 nitrogen and oxygen atoms in total. The molecular formula is C21H31IN6O2. The minimum Gasteiger partial charge on any atom is -0.370 e. The molecule has 1 amide bonds. The van der Waals surface area contributed by atoms with Crippen LogP contribution in [0.2, 0.25) is 0 Å². The Morgan fingerprint density at radius 2 is 2.07 bits per heavy atom. The second-order valence-corrected chi connectivity index (χ2v) is 7.32. The molecule has 0 bridgehead atoms. The van der Waals surface area contributed by atoms with E-state index in [2.05, 4.69) is 22.2 Å². The van der Waals surface area contributed by atoms with Gasteiger partial charge in [0, 0.05) is 51.6 Å². The van der Waals surface area contributed by atoms with Crippen molar-refractivity contribution < 1.29 is 9.53 Å². The molecule has 0 spiro atoms. The van der Waals surface area contributed by atoms with E-state index in [1.807, 2.05) is 43.7 Å². The van der Waals surface area contributed by atoms with Crippen LogP contribution in [0, 0.1) is 0 Å². The van der Waals surface area contributed by atoms with Crippen LogP contribution in [-0.2, 0) is 18.3 Å². The van der Waals surface area contributed by atoms with Crippen LogP contribution in [0.3, 0.4) is 0 Å². The van der Waals surface area contributed by atoms with E-state index < -0.39 is 0 Å². The molecule has 1 atom stereocenters. The Morgan fingerprint density at radius 1 is 1.33 bits per heavy atom. The van der Waals surface area contributed by atoms with E-state index in [0.29, 0.717) is 18.7 Å². The SMILES string of the molecule is CCNC(=NCc1ccc(C(=O)N(C)C)cc1)N1CCOC(c2cnn(C)c2)C1.I. The second-order valence-electron chi connectivity index (χ2n) is 7.32. The first kappa shape index (κ1) is 24.1. The van der Waals surface area contributed by atoms with Crippen LogP contribution in [0.25, 0.3) is 0 Å². The lowest BCUT2D eigenvalue weighted by Crippen LogP contribution is -2.48. The summed E-state index contributed by atoms with van der Waals surface area (Å²) in [5.41, 5.74) is 2.82. The molecule has 1 unspecified atom stereocenters. The van der Waals surface area contributed by atoms with Gasteiger partial charge in [-0.3, -0.25) is 9.48 Å². The third kappa shape index (κ3) is 6.18. The minimum atomic E-state index is -0.0161. The zero-order valence-electron chi connectivity index (χ0n) is 18.0. The molecule has 1 aromatic carbocycles. The highest BCUT2D eigenvalue weighted by molar-refractivity contribution is 14.0. The van der Waals surface area contributed by atoms with Crippen LogP contribution in [0.15, 0.2) is 41.7 Å². The van der Waals surface area contributed by atoms with E-state index in [9.17, 15) is 4.79 Å². The predicted molar refractivity (Wildman–Crippen MR) is 128 cm³/mol. The number of rotatable bonds is 5. The fraction of sp³-hybridized carbons (Fsp3) is 0.476. The molecule has 0 radical (unpaired) electrons. The Bertz CT molecular complexity index is 849. The lowest BCUT2D eigenvalue weighted by atomic mass is 10.1. The maximum absolute atomic E-state index is 12.0. The largest absolute Gasteiger partial charge is 0.370 e. The number of halogens is 1. The van der Waals surface area contributed by atoms with Gasteiger partial charge in [0.1, 0.15) is 6.10 Å². The Kier molecular flexibility index (Phi) is 9.09. The Morgan fingerprint density at radius 3 is 2.67 bits per heavy atom. The number of carbonyl (C=O) groups excluding carboxylic acids is 1. The molecular weight excluding hydrogens is 495 g/mol. The van der Waals surface area contributed by atoms with Gasteiger partial charge in [-0.2, -0.15) is 5.10 Å². The highest BCUT2D eigenvalue weighted by atomic mass is 127. The van der Waals surface area contributed by atoms with Crippen LogP contribution < -0.4 is 5.32 Å². The number of guanidine groups is 1. The Hall–Kier alpha value is -2.14. The molecule has 1 saturated heterocycles. The van der Waals surface area contributed by atoms with E-state index in [-0.39, 0.29) is 36.0 Å². The summed E-state index contributed by atoms with van der Waals surface area (Å²) in [6, 6.07) is 7.63. The summed E-state index contributed by atoms with van der Waals surface area (Å²) in [7, 11) is 5.42. The summed E-state index contributed by atoms with van der Waals surface area (Å²) in [5.74, 6) is 0.876. The van der Waals surface area contributed by atoms with Crippen LogP contribution in [0.5, 0.6) is 0 Å². The number of morpholine rings is 1. The zero-order valence-corrected chi connectivity index (χ0v) is 20.4. The van der Waals surface area contributed by atoms with Crippen LogP contribution in [-0.4, -0.2) is 71.8 Å². The molecule has 164 valence electrons. The number of ether oxygens (including phenoxy) is 1. The van der Waals surface area contributed by atoms with Gasteiger partial charge in [-0.1, -0.05) is 12.1 Å². The fourth-order valence-corrected chi connectivity index (χ4v) is 3.25. The number of hydrogen-bond donors (Lipinski definition) is 1. The summed E-state index contributed by atoms with van der Waals surface area (Å²) in [6.45, 7) is 5.58. The molecule has 1 N–H and O–H groups in total. The first-order chi connectivity index (χ1) is 14.0. The molecule has 30 heavy (non-hydrogen) atoms. The van der Waals surface area contributed by atoms with E-state index in [1.54, 1.807) is 23.7 Å². The maximum Gasteiger partial charge on any atom is 0.253 e. The number of benzene rings is 1. The van der Waals surface area contributed by atoms with Crippen molar-refractivity contribution in [2.45, 2.75) is 19.6 Å². The number of carbonyl (C=O) groups is 1. The molecule has 1 aliphatic heterocycles. The number of aryl methyl sites for hydroxylation is 1. The van der Waals surface area contributed by atoms with Crippen molar-refractivity contribution in [1.82, 2.24) is 24.9 Å². The van der Waals surface area contributed by atoms with Crippen molar-refractivity contribution in [2.75, 3.05) is 40.3 Å². The molecule has 9 heteroatoms. The lowest BCUT2D eigenvalue weighted by molar-refractivity contribution is -0.00805. The summed E-state index contributed by atoms with van der Waals surface area (Å²) < 4.78 is 7.73. The van der Waals surface area contributed by atoms with E-state index in [4.69, 9.17) is 9.73 Å². The number of nitrogens with zero attached hydrogens (tertiary/aromatic N) is 5. The maximum atomic E-state index is 12.0. The summed E-state index contributed by atoms with van der Waals surface area (Å²) in [5, 5.41) is 7.63. The van der Waals surface area contributed by atoms with Gasteiger partial charge >= 0.3 is 0 Å². The molecule has 1 fully saturated rings. The smallest absolute Gasteiger partial charge is 0.253 e. The number of aliphatic imine (C=N–C) groups is 1. The highest BCUT2D eigenvalue weighted by Gasteiger charge is 2.25. The Labute approximate surface area is 195 Å². The van der Waals surface area contributed by atoms with Gasteiger partial charge in [-0.15, -0.1) is 24.0 Å². The topological polar surface area (TPSA) is 75.0 Å². The van der Waals surface area contributed by atoms with Gasteiger partial charge in [0.2, 0.25) is 0 Å². The standard InChI is InChI=1S/C21H30N6O2.HI/c1-5-22-21(23-12-16-6-8-17(9-7-16)20(28)25(2)3)27-10-11-29-19(15-27)18-13-24-26(4)14-18;/h6-9,13-14,19H,5,10-12,15H2,1-4H3,(H,22,23);1H. The van der Waals surface area contributed by atoms with Crippen molar-refractivity contribution in [2.24, 2.45) is 12.0 Å². The van der Waals surface area contributed by atoms with Crippen LogP contribution in [0.4, 0.5) is 0 Å². The number of amides is 1. The Balaban J connectivity index is 0.00000320. The average molecular weight is 526 g/mol. The lowest BCUT2D eigenvalue weighted by Gasteiger charge is -2.34. The molecule has 2 heterocycles. The van der Waals surface area contributed by atoms with Gasteiger partial charge < -0.3 is 19.9 Å². The highest BCUT2D eigenvalue weighted by Crippen LogP contribution is 2.21. The third-order valence-corrected chi connectivity index (χ3v) is 4.82. The fourth-order valence-electron chi connectivity index (χ4n) is 3.25. The number of nitrogens with one attached hydrogen (secondary N) is 1. The summed E-state index contributed by atoms with van der Waals surface area (Å²) in [4.78, 5) is 20.6. The van der Waals surface area contributed by atoms with Crippen molar-refractivity contribution in [3.63, 3.8) is 0 Å². The zero-order chi connectivity index (χ0) is 20.8. The number of hydrogen-bond acceptors (Lipinski definition) is 4. The van der Waals surface area contributed by atoms with Gasteiger partial charge in [0.25, 0.3) is 5.91 Å². The summed E-state index contributed by atoms with van der Waals surface area (Å²) >= 11 is 0. The van der Waals surface area contributed by atoms with E-state index in [1.165, 1.54) is 0 Å². The first-order valence-corrected chi connectivity index (χ1v) is 9.92. The molecule has 0 saturated carbocycles. The van der Waals surface area contributed by atoms with Crippen LogP contribution in [0.1, 0.15) is 34.5 Å². The van der Waals surface area contributed by atoms with Crippen LogP contribution >= 0.6 is 24.0 Å². The molecule has 3 rings (SSSR count). The van der Waals surface area contributed by atoms with Gasteiger partial charge in [-0.25, -0.2) is 4.99 Å². The molecule has 2 aromatic rings. The minimum absolute atomic E-state index is 0.